The molecule has 0 aliphatic heterocycles. The first-order valence-corrected chi connectivity index (χ1v) is 6.18. The van der Waals surface area contributed by atoms with Gasteiger partial charge >= 0.3 is 11.9 Å². The van der Waals surface area contributed by atoms with Crippen molar-refractivity contribution in [3.63, 3.8) is 0 Å². The average Bonchev–Trinajstić information content (AvgIpc) is 2.15. The first-order valence-electron chi connectivity index (χ1n) is 6.18. The average molecular weight is 242 g/mol. The van der Waals surface area contributed by atoms with Crippen molar-refractivity contribution in [2.75, 3.05) is 0 Å². The molecule has 0 aromatic rings. The first-order chi connectivity index (χ1) is 7.79. The van der Waals surface area contributed by atoms with Crippen LogP contribution in [0, 0.1) is 0 Å². The van der Waals surface area contributed by atoms with Crippen LogP contribution in [-0.4, -0.2) is 23.1 Å². The van der Waals surface area contributed by atoms with Crippen LogP contribution in [0.5, 0.6) is 0 Å². The number of hydrogen-bond donors (Lipinski definition) is 0. The smallest absolute Gasteiger partial charge is 0.303 e. The topological polar surface area (TPSA) is 52.6 Å². The highest BCUT2D eigenvalue weighted by Gasteiger charge is 2.51. The van der Waals surface area contributed by atoms with E-state index in [1.54, 1.807) is 0 Å². The molecule has 17 heavy (non-hydrogen) atoms. The van der Waals surface area contributed by atoms with Crippen molar-refractivity contribution in [3.8, 4) is 0 Å². The summed E-state index contributed by atoms with van der Waals surface area (Å²) < 4.78 is 10.9. The van der Waals surface area contributed by atoms with Crippen LogP contribution in [0.4, 0.5) is 0 Å². The van der Waals surface area contributed by atoms with Gasteiger partial charge in [-0.1, -0.05) is 6.42 Å². The fourth-order valence-electron chi connectivity index (χ4n) is 2.68. The zero-order valence-electron chi connectivity index (χ0n) is 11.2. The van der Waals surface area contributed by atoms with Crippen LogP contribution >= 0.6 is 0 Å². The second-order valence-corrected chi connectivity index (χ2v) is 5.25. The highest BCUT2D eigenvalue weighted by molar-refractivity contribution is 5.68. The van der Waals surface area contributed by atoms with Gasteiger partial charge in [0.25, 0.3) is 0 Å². The van der Waals surface area contributed by atoms with Crippen LogP contribution in [0.3, 0.4) is 0 Å². The summed E-state index contributed by atoms with van der Waals surface area (Å²) >= 11 is 0. The van der Waals surface area contributed by atoms with Gasteiger partial charge in [-0.15, -0.1) is 0 Å². The minimum Gasteiger partial charge on any atom is -0.456 e. The number of carbonyl (C=O) groups is 2. The molecule has 1 fully saturated rings. The molecule has 1 aliphatic rings. The third-order valence-corrected chi connectivity index (χ3v) is 3.50. The van der Waals surface area contributed by atoms with E-state index in [1.165, 1.54) is 13.8 Å². The van der Waals surface area contributed by atoms with Gasteiger partial charge in [-0.25, -0.2) is 0 Å². The monoisotopic (exact) mass is 242 g/mol. The molecule has 0 aromatic heterocycles. The van der Waals surface area contributed by atoms with E-state index in [0.29, 0.717) is 0 Å². The van der Waals surface area contributed by atoms with E-state index in [1.807, 2.05) is 13.8 Å². The van der Waals surface area contributed by atoms with Crippen molar-refractivity contribution in [1.29, 1.82) is 0 Å². The summed E-state index contributed by atoms with van der Waals surface area (Å²) in [6.45, 7) is 6.43. The lowest BCUT2D eigenvalue weighted by Crippen LogP contribution is -2.56. The Balaban J connectivity index is 2.94. The maximum Gasteiger partial charge on any atom is 0.303 e. The van der Waals surface area contributed by atoms with Gasteiger partial charge in [0.1, 0.15) is 5.60 Å². The van der Waals surface area contributed by atoms with E-state index in [2.05, 4.69) is 0 Å². The van der Waals surface area contributed by atoms with Crippen molar-refractivity contribution in [2.24, 2.45) is 0 Å². The number of ether oxygens (including phenoxy) is 2. The Morgan fingerprint density at radius 2 is 1.53 bits per heavy atom. The van der Waals surface area contributed by atoms with Crippen molar-refractivity contribution in [3.05, 3.63) is 0 Å². The van der Waals surface area contributed by atoms with Gasteiger partial charge in [-0.2, -0.15) is 0 Å². The predicted octanol–water partition coefficient (Wildman–Crippen LogP) is 2.59. The van der Waals surface area contributed by atoms with E-state index in [4.69, 9.17) is 9.47 Å². The summed E-state index contributed by atoms with van der Waals surface area (Å²) in [5.41, 5.74) is -1.44. The third-order valence-electron chi connectivity index (χ3n) is 3.50. The number of esters is 2. The van der Waals surface area contributed by atoms with Crippen LogP contribution in [0.25, 0.3) is 0 Å². The summed E-state index contributed by atoms with van der Waals surface area (Å²) in [4.78, 5) is 22.5. The Hall–Kier alpha value is -1.06. The second-order valence-electron chi connectivity index (χ2n) is 5.25. The Morgan fingerprint density at radius 3 is 1.94 bits per heavy atom. The highest BCUT2D eigenvalue weighted by atomic mass is 16.6. The summed E-state index contributed by atoms with van der Waals surface area (Å²) in [6, 6.07) is 0. The largest absolute Gasteiger partial charge is 0.456 e. The van der Waals surface area contributed by atoms with Gasteiger partial charge in [-0.05, 0) is 39.5 Å². The molecule has 0 radical (unpaired) electrons. The molecule has 0 heterocycles. The fraction of sp³-hybridized carbons (Fsp3) is 0.846. The normalized spacial score (nSPS) is 19.5. The molecular weight excluding hydrogens is 220 g/mol. The molecule has 1 saturated carbocycles. The molecule has 0 spiro atoms. The Kier molecular flexibility index (Phi) is 4.17. The molecule has 1 aliphatic carbocycles. The summed E-state index contributed by atoms with van der Waals surface area (Å²) in [7, 11) is 0. The fourth-order valence-corrected chi connectivity index (χ4v) is 2.68. The SMILES string of the molecule is CC(=O)OC(C)(C)C1(OC(C)=O)CCCCC1. The molecule has 1 rings (SSSR count). The first kappa shape index (κ1) is 14.0. The molecule has 0 unspecified atom stereocenters. The van der Waals surface area contributed by atoms with Crippen LogP contribution in [-0.2, 0) is 19.1 Å². The Morgan fingerprint density at radius 1 is 1.00 bits per heavy atom. The van der Waals surface area contributed by atoms with Crippen molar-refractivity contribution < 1.29 is 19.1 Å². The molecule has 4 heteroatoms. The van der Waals surface area contributed by atoms with E-state index < -0.39 is 11.2 Å². The van der Waals surface area contributed by atoms with Crippen LogP contribution < -0.4 is 0 Å². The van der Waals surface area contributed by atoms with Gasteiger partial charge < -0.3 is 9.47 Å². The van der Waals surface area contributed by atoms with E-state index >= 15 is 0 Å². The lowest BCUT2D eigenvalue weighted by atomic mass is 9.74. The Bertz CT molecular complexity index is 301. The molecule has 0 aromatic carbocycles. The quantitative estimate of drug-likeness (QED) is 0.714. The second kappa shape index (κ2) is 5.07. The summed E-state index contributed by atoms with van der Waals surface area (Å²) in [5.74, 6) is -0.653. The number of rotatable bonds is 3. The molecule has 0 N–H and O–H groups in total. The molecular formula is C13H22O4. The lowest BCUT2D eigenvalue weighted by Gasteiger charge is -2.46. The van der Waals surface area contributed by atoms with E-state index in [9.17, 15) is 9.59 Å². The summed E-state index contributed by atoms with van der Waals surface area (Å²) in [6.07, 6.45) is 4.65. The molecule has 0 amide bonds. The van der Waals surface area contributed by atoms with E-state index in [0.717, 1.165) is 32.1 Å². The zero-order valence-corrected chi connectivity index (χ0v) is 11.2. The van der Waals surface area contributed by atoms with Crippen molar-refractivity contribution in [2.45, 2.75) is 71.0 Å². The minimum atomic E-state index is -0.773. The van der Waals surface area contributed by atoms with Crippen LogP contribution in [0.1, 0.15) is 59.8 Å². The van der Waals surface area contributed by atoms with Crippen LogP contribution in [0.15, 0.2) is 0 Å². The van der Waals surface area contributed by atoms with E-state index in [-0.39, 0.29) is 11.9 Å². The number of hydrogen-bond acceptors (Lipinski definition) is 4. The van der Waals surface area contributed by atoms with Crippen molar-refractivity contribution >= 4 is 11.9 Å². The summed E-state index contributed by atoms with van der Waals surface area (Å²) in [5, 5.41) is 0. The predicted molar refractivity (Wildman–Crippen MR) is 63.4 cm³/mol. The highest BCUT2D eigenvalue weighted by Crippen LogP contribution is 2.42. The van der Waals surface area contributed by atoms with Crippen LogP contribution in [0.2, 0.25) is 0 Å². The lowest BCUT2D eigenvalue weighted by molar-refractivity contribution is -0.211. The molecule has 0 saturated heterocycles. The Labute approximate surface area is 103 Å². The molecule has 0 bridgehead atoms. The van der Waals surface area contributed by atoms with Gasteiger partial charge in [0.05, 0.1) is 0 Å². The molecule has 4 nitrogen and oxygen atoms in total. The maximum absolute atomic E-state index is 11.3. The van der Waals surface area contributed by atoms with Gasteiger partial charge in [-0.3, -0.25) is 9.59 Å². The standard InChI is InChI=1S/C13H22O4/c1-10(14)16-12(3,4)13(17-11(2)15)8-6-5-7-9-13/h5-9H2,1-4H3. The van der Waals surface area contributed by atoms with Gasteiger partial charge in [0, 0.05) is 13.8 Å². The van der Waals surface area contributed by atoms with Crippen molar-refractivity contribution in [1.82, 2.24) is 0 Å². The van der Waals surface area contributed by atoms with Gasteiger partial charge in [0.2, 0.25) is 0 Å². The number of carbonyl (C=O) groups excluding carboxylic acids is 2. The van der Waals surface area contributed by atoms with Gasteiger partial charge in [0.15, 0.2) is 5.60 Å². The molecule has 98 valence electrons. The minimum absolute atomic E-state index is 0.313. The third kappa shape index (κ3) is 3.20. The molecule has 0 atom stereocenters. The maximum atomic E-state index is 11.3. The zero-order chi connectivity index (χ0) is 13.1.